The third-order valence-electron chi connectivity index (χ3n) is 4.58. The second-order valence-corrected chi connectivity index (χ2v) is 6.61. The third kappa shape index (κ3) is 4.80. The maximum atomic E-state index is 5.74. The van der Waals surface area contributed by atoms with Crippen LogP contribution in [0.4, 0.5) is 0 Å². The van der Waals surface area contributed by atoms with E-state index in [1.54, 1.807) is 0 Å². The molecule has 1 fully saturated rings. The van der Waals surface area contributed by atoms with E-state index in [0.29, 0.717) is 18.1 Å². The lowest BCUT2D eigenvalue weighted by atomic mass is 9.77. The van der Waals surface area contributed by atoms with Gasteiger partial charge in [-0.05, 0) is 55.6 Å². The Labute approximate surface area is 129 Å². The van der Waals surface area contributed by atoms with Crippen molar-refractivity contribution < 1.29 is 4.74 Å². The molecular formula is C18H30N2O. The van der Waals surface area contributed by atoms with Crippen molar-refractivity contribution in [2.24, 2.45) is 11.8 Å². The first kappa shape index (κ1) is 16.5. The lowest BCUT2D eigenvalue weighted by Gasteiger charge is -2.37. The fourth-order valence-electron chi connectivity index (χ4n) is 3.17. The average Bonchev–Trinajstić information content (AvgIpc) is 2.44. The molecule has 1 aromatic rings. The quantitative estimate of drug-likeness (QED) is 0.570. The Balaban J connectivity index is 1.79. The highest BCUT2D eigenvalue weighted by Gasteiger charge is 2.31. The van der Waals surface area contributed by atoms with E-state index in [9.17, 15) is 0 Å². The largest absolute Gasteiger partial charge is 0.378 e. The van der Waals surface area contributed by atoms with Gasteiger partial charge in [-0.25, -0.2) is 0 Å². The van der Waals surface area contributed by atoms with Crippen molar-refractivity contribution in [1.82, 2.24) is 5.43 Å². The minimum absolute atomic E-state index is 0.363. The number of hydrazine groups is 1. The number of hydrogen-bond acceptors (Lipinski definition) is 3. The van der Waals surface area contributed by atoms with Crippen LogP contribution in [0.25, 0.3) is 0 Å². The summed E-state index contributed by atoms with van der Waals surface area (Å²) in [5, 5.41) is 0. The van der Waals surface area contributed by atoms with Crippen molar-refractivity contribution in [3.8, 4) is 0 Å². The van der Waals surface area contributed by atoms with E-state index in [-0.39, 0.29) is 0 Å². The number of benzene rings is 1. The molecule has 21 heavy (non-hydrogen) atoms. The Morgan fingerprint density at radius 1 is 1.24 bits per heavy atom. The van der Waals surface area contributed by atoms with Gasteiger partial charge in [0, 0.05) is 12.6 Å². The molecule has 0 aromatic heterocycles. The fraction of sp³-hybridized carbons (Fsp3) is 0.667. The number of nitrogens with two attached hydrogens (primary N) is 1. The number of rotatable bonds is 8. The van der Waals surface area contributed by atoms with E-state index in [1.807, 2.05) is 0 Å². The zero-order valence-electron chi connectivity index (χ0n) is 13.6. The standard InChI is InChI=1S/C18H30N2O/c1-4-21-18-11-15(12-18)10-17(20-19)9-14-5-7-16(8-6-14)13(2)3/h5-8,13,15,17-18,20H,4,9-12,19H2,1-3H3. The first-order valence-corrected chi connectivity index (χ1v) is 8.28. The molecule has 2 rings (SSSR count). The Hall–Kier alpha value is -0.900. The molecule has 0 bridgehead atoms. The SMILES string of the molecule is CCOC1CC(CC(Cc2ccc(C(C)C)cc2)NN)C1. The summed E-state index contributed by atoms with van der Waals surface area (Å²) in [6.45, 7) is 7.35. The van der Waals surface area contributed by atoms with Gasteiger partial charge in [-0.1, -0.05) is 38.1 Å². The van der Waals surface area contributed by atoms with Gasteiger partial charge in [-0.3, -0.25) is 11.3 Å². The van der Waals surface area contributed by atoms with Crippen LogP contribution in [0.5, 0.6) is 0 Å². The molecule has 0 amide bonds. The summed E-state index contributed by atoms with van der Waals surface area (Å²) in [5.41, 5.74) is 5.75. The van der Waals surface area contributed by atoms with Crippen LogP contribution in [0, 0.1) is 5.92 Å². The molecule has 3 N–H and O–H groups in total. The summed E-state index contributed by atoms with van der Waals surface area (Å²) in [6.07, 6.45) is 5.02. The average molecular weight is 290 g/mol. The Bertz CT molecular complexity index is 410. The summed E-state index contributed by atoms with van der Waals surface area (Å²) in [5.74, 6) is 7.09. The molecule has 0 saturated heterocycles. The van der Waals surface area contributed by atoms with Gasteiger partial charge < -0.3 is 4.74 Å². The predicted molar refractivity (Wildman–Crippen MR) is 88.1 cm³/mol. The fourth-order valence-corrected chi connectivity index (χ4v) is 3.17. The maximum Gasteiger partial charge on any atom is 0.0580 e. The van der Waals surface area contributed by atoms with Gasteiger partial charge in [0.2, 0.25) is 0 Å². The molecular weight excluding hydrogens is 260 g/mol. The molecule has 1 atom stereocenters. The zero-order valence-corrected chi connectivity index (χ0v) is 13.6. The van der Waals surface area contributed by atoms with Crippen LogP contribution < -0.4 is 11.3 Å². The van der Waals surface area contributed by atoms with E-state index in [2.05, 4.69) is 50.5 Å². The summed E-state index contributed by atoms with van der Waals surface area (Å²) in [6, 6.07) is 9.32. The number of ether oxygens (including phenoxy) is 1. The highest BCUT2D eigenvalue weighted by atomic mass is 16.5. The minimum atomic E-state index is 0.363. The predicted octanol–water partition coefficient (Wildman–Crippen LogP) is 3.39. The van der Waals surface area contributed by atoms with Crippen molar-refractivity contribution in [3.05, 3.63) is 35.4 Å². The summed E-state index contributed by atoms with van der Waals surface area (Å²) in [4.78, 5) is 0. The molecule has 1 aromatic carbocycles. The molecule has 1 aliphatic rings. The zero-order chi connectivity index (χ0) is 15.2. The van der Waals surface area contributed by atoms with Gasteiger partial charge in [0.05, 0.1) is 6.10 Å². The molecule has 1 aliphatic carbocycles. The summed E-state index contributed by atoms with van der Waals surface area (Å²) < 4.78 is 5.63. The van der Waals surface area contributed by atoms with Crippen LogP contribution in [0.15, 0.2) is 24.3 Å². The van der Waals surface area contributed by atoms with Gasteiger partial charge in [0.15, 0.2) is 0 Å². The monoisotopic (exact) mass is 290 g/mol. The normalized spacial score (nSPS) is 23.1. The second-order valence-electron chi connectivity index (χ2n) is 6.61. The third-order valence-corrected chi connectivity index (χ3v) is 4.58. The first-order valence-electron chi connectivity index (χ1n) is 8.28. The molecule has 118 valence electrons. The topological polar surface area (TPSA) is 47.3 Å². The first-order chi connectivity index (χ1) is 10.1. The highest BCUT2D eigenvalue weighted by Crippen LogP contribution is 2.34. The highest BCUT2D eigenvalue weighted by molar-refractivity contribution is 5.25. The van der Waals surface area contributed by atoms with E-state index in [0.717, 1.165) is 25.4 Å². The van der Waals surface area contributed by atoms with Crippen molar-refractivity contribution in [3.63, 3.8) is 0 Å². The van der Waals surface area contributed by atoms with Crippen LogP contribution >= 0.6 is 0 Å². The van der Waals surface area contributed by atoms with Crippen LogP contribution in [0.3, 0.4) is 0 Å². The number of nitrogens with one attached hydrogen (secondary N) is 1. The van der Waals surface area contributed by atoms with Gasteiger partial charge >= 0.3 is 0 Å². The summed E-state index contributed by atoms with van der Waals surface area (Å²) in [7, 11) is 0. The Morgan fingerprint density at radius 2 is 1.90 bits per heavy atom. The summed E-state index contributed by atoms with van der Waals surface area (Å²) >= 11 is 0. The van der Waals surface area contributed by atoms with E-state index < -0.39 is 0 Å². The Kier molecular flexibility index (Phi) is 6.22. The molecule has 1 saturated carbocycles. The molecule has 3 nitrogen and oxygen atoms in total. The molecule has 0 spiro atoms. The maximum absolute atomic E-state index is 5.74. The lowest BCUT2D eigenvalue weighted by molar-refractivity contribution is -0.0290. The van der Waals surface area contributed by atoms with Crippen LogP contribution in [-0.4, -0.2) is 18.8 Å². The van der Waals surface area contributed by atoms with E-state index in [1.165, 1.54) is 24.0 Å². The van der Waals surface area contributed by atoms with Crippen molar-refractivity contribution >= 4 is 0 Å². The second kappa shape index (κ2) is 7.92. The van der Waals surface area contributed by atoms with E-state index in [4.69, 9.17) is 10.6 Å². The van der Waals surface area contributed by atoms with Crippen LogP contribution in [-0.2, 0) is 11.2 Å². The smallest absolute Gasteiger partial charge is 0.0580 e. The van der Waals surface area contributed by atoms with Gasteiger partial charge in [0.25, 0.3) is 0 Å². The number of hydrogen-bond donors (Lipinski definition) is 2. The molecule has 3 heteroatoms. The van der Waals surface area contributed by atoms with E-state index >= 15 is 0 Å². The van der Waals surface area contributed by atoms with Crippen molar-refractivity contribution in [2.75, 3.05) is 6.61 Å². The van der Waals surface area contributed by atoms with Crippen LogP contribution in [0.2, 0.25) is 0 Å². The van der Waals surface area contributed by atoms with Crippen LogP contribution in [0.1, 0.15) is 57.1 Å². The molecule has 1 unspecified atom stereocenters. The molecule has 0 radical (unpaired) electrons. The molecule has 0 aliphatic heterocycles. The van der Waals surface area contributed by atoms with Crippen molar-refractivity contribution in [2.45, 2.75) is 64.5 Å². The van der Waals surface area contributed by atoms with Gasteiger partial charge in [-0.2, -0.15) is 0 Å². The van der Waals surface area contributed by atoms with Gasteiger partial charge in [-0.15, -0.1) is 0 Å². The minimum Gasteiger partial charge on any atom is -0.378 e. The molecule has 0 heterocycles. The van der Waals surface area contributed by atoms with Crippen molar-refractivity contribution in [1.29, 1.82) is 0 Å². The lowest BCUT2D eigenvalue weighted by Crippen LogP contribution is -2.42. The Morgan fingerprint density at radius 3 is 2.43 bits per heavy atom. The van der Waals surface area contributed by atoms with Gasteiger partial charge in [0.1, 0.15) is 0 Å².